The maximum Gasteiger partial charge on any atom is 0.231 e. The largest absolute Gasteiger partial charge is 0.377 e. The Hall–Kier alpha value is -1.55. The number of benzene rings is 1. The number of rotatable bonds is 2. The third-order valence-corrected chi connectivity index (χ3v) is 2.44. The third-order valence-electron chi connectivity index (χ3n) is 2.44. The molecule has 4 heteroatoms. The van der Waals surface area contributed by atoms with E-state index in [4.69, 9.17) is 5.11 Å². The molecule has 0 radical (unpaired) electrons. The summed E-state index contributed by atoms with van der Waals surface area (Å²) in [6, 6.07) is 5.63. The summed E-state index contributed by atoms with van der Waals surface area (Å²) in [4.78, 5) is 13.0. The number of anilines is 2. The van der Waals surface area contributed by atoms with Crippen molar-refractivity contribution in [2.45, 2.75) is 6.42 Å². The first-order valence-corrected chi connectivity index (χ1v) is 4.46. The summed E-state index contributed by atoms with van der Waals surface area (Å²) in [6.45, 7) is -0.0947. The quantitative estimate of drug-likeness (QED) is 0.673. The lowest BCUT2D eigenvalue weighted by Crippen LogP contribution is -2.20. The molecule has 14 heavy (non-hydrogen) atoms. The van der Waals surface area contributed by atoms with E-state index in [0.29, 0.717) is 6.42 Å². The SMILES string of the molecule is CN1C(=O)Cc2cc(NCO)ccc21. The van der Waals surface area contributed by atoms with Crippen molar-refractivity contribution in [3.8, 4) is 0 Å². The minimum atomic E-state index is -0.0947. The van der Waals surface area contributed by atoms with E-state index in [1.807, 2.05) is 18.2 Å². The zero-order chi connectivity index (χ0) is 10.1. The molecule has 2 N–H and O–H groups in total. The van der Waals surface area contributed by atoms with Gasteiger partial charge in [0.15, 0.2) is 0 Å². The van der Waals surface area contributed by atoms with E-state index in [1.54, 1.807) is 11.9 Å². The monoisotopic (exact) mass is 192 g/mol. The van der Waals surface area contributed by atoms with Gasteiger partial charge in [0, 0.05) is 18.4 Å². The van der Waals surface area contributed by atoms with Crippen LogP contribution in [0, 0.1) is 0 Å². The molecular weight excluding hydrogens is 180 g/mol. The second-order valence-corrected chi connectivity index (χ2v) is 3.31. The van der Waals surface area contributed by atoms with Crippen LogP contribution in [0.25, 0.3) is 0 Å². The van der Waals surface area contributed by atoms with Crippen LogP contribution in [0.5, 0.6) is 0 Å². The van der Waals surface area contributed by atoms with E-state index >= 15 is 0 Å². The molecule has 0 saturated carbocycles. The first-order valence-electron chi connectivity index (χ1n) is 4.46. The molecule has 0 bridgehead atoms. The molecule has 0 aromatic heterocycles. The highest BCUT2D eigenvalue weighted by Crippen LogP contribution is 2.29. The fraction of sp³-hybridized carbons (Fsp3) is 0.300. The molecule has 0 atom stereocenters. The van der Waals surface area contributed by atoms with E-state index < -0.39 is 0 Å². The Morgan fingerprint density at radius 3 is 3.07 bits per heavy atom. The van der Waals surface area contributed by atoms with Crippen molar-refractivity contribution in [1.29, 1.82) is 0 Å². The molecule has 1 aliphatic rings. The van der Waals surface area contributed by atoms with Gasteiger partial charge in [0.05, 0.1) is 6.42 Å². The predicted molar refractivity (Wildman–Crippen MR) is 54.3 cm³/mol. The normalized spacial score (nSPS) is 14.4. The molecule has 1 heterocycles. The van der Waals surface area contributed by atoms with Gasteiger partial charge in [-0.3, -0.25) is 4.79 Å². The van der Waals surface area contributed by atoms with Gasteiger partial charge in [-0.25, -0.2) is 0 Å². The minimum Gasteiger partial charge on any atom is -0.377 e. The predicted octanol–water partition coefficient (Wildman–Crippen LogP) is 0.567. The highest BCUT2D eigenvalue weighted by atomic mass is 16.3. The lowest BCUT2D eigenvalue weighted by molar-refractivity contribution is -0.117. The maximum absolute atomic E-state index is 11.4. The van der Waals surface area contributed by atoms with Gasteiger partial charge >= 0.3 is 0 Å². The van der Waals surface area contributed by atoms with Gasteiger partial charge in [-0.1, -0.05) is 0 Å². The second-order valence-electron chi connectivity index (χ2n) is 3.31. The van der Waals surface area contributed by atoms with Crippen LogP contribution >= 0.6 is 0 Å². The van der Waals surface area contributed by atoms with Crippen LogP contribution < -0.4 is 10.2 Å². The molecule has 4 nitrogen and oxygen atoms in total. The van der Waals surface area contributed by atoms with Gasteiger partial charge in [0.2, 0.25) is 5.91 Å². The average molecular weight is 192 g/mol. The zero-order valence-electron chi connectivity index (χ0n) is 7.95. The number of fused-ring (bicyclic) bond motifs is 1. The van der Waals surface area contributed by atoms with Crippen molar-refractivity contribution in [3.63, 3.8) is 0 Å². The molecule has 0 unspecified atom stereocenters. The fourth-order valence-electron chi connectivity index (χ4n) is 1.67. The van der Waals surface area contributed by atoms with Gasteiger partial charge < -0.3 is 15.3 Å². The van der Waals surface area contributed by atoms with E-state index in [9.17, 15) is 4.79 Å². The topological polar surface area (TPSA) is 52.6 Å². The number of nitrogens with zero attached hydrogens (tertiary/aromatic N) is 1. The van der Waals surface area contributed by atoms with Crippen LogP contribution in [0.1, 0.15) is 5.56 Å². The Labute approximate surface area is 82.2 Å². The van der Waals surface area contributed by atoms with Crippen molar-refractivity contribution in [1.82, 2.24) is 0 Å². The van der Waals surface area contributed by atoms with Crippen molar-refractivity contribution in [3.05, 3.63) is 23.8 Å². The Morgan fingerprint density at radius 2 is 2.36 bits per heavy atom. The first kappa shape index (κ1) is 9.02. The van der Waals surface area contributed by atoms with E-state index in [2.05, 4.69) is 5.32 Å². The number of aliphatic hydroxyl groups is 1. The number of carbonyl (C=O) groups excluding carboxylic acids is 1. The average Bonchev–Trinajstić information content (AvgIpc) is 2.43. The summed E-state index contributed by atoms with van der Waals surface area (Å²) in [5, 5.41) is 11.5. The molecular formula is C10H12N2O2. The molecule has 2 rings (SSSR count). The summed E-state index contributed by atoms with van der Waals surface area (Å²) >= 11 is 0. The van der Waals surface area contributed by atoms with Crippen LogP contribution in [0.3, 0.4) is 0 Å². The zero-order valence-corrected chi connectivity index (χ0v) is 7.95. The van der Waals surface area contributed by atoms with E-state index in [0.717, 1.165) is 16.9 Å². The summed E-state index contributed by atoms with van der Waals surface area (Å²) in [5.41, 5.74) is 2.81. The number of carbonyl (C=O) groups is 1. The van der Waals surface area contributed by atoms with Crippen LogP contribution in [0.4, 0.5) is 11.4 Å². The first-order chi connectivity index (χ1) is 6.72. The standard InChI is InChI=1S/C10H12N2O2/c1-12-9-3-2-8(11-6-13)4-7(9)5-10(12)14/h2-4,11,13H,5-6H2,1H3. The van der Waals surface area contributed by atoms with Crippen LogP contribution in [0.2, 0.25) is 0 Å². The Kier molecular flexibility index (Phi) is 2.13. The van der Waals surface area contributed by atoms with Crippen molar-refractivity contribution < 1.29 is 9.90 Å². The lowest BCUT2D eigenvalue weighted by atomic mass is 10.1. The van der Waals surface area contributed by atoms with Gasteiger partial charge in [-0.05, 0) is 23.8 Å². The van der Waals surface area contributed by atoms with E-state index in [-0.39, 0.29) is 12.6 Å². The van der Waals surface area contributed by atoms with Crippen LogP contribution in [-0.2, 0) is 11.2 Å². The summed E-state index contributed by atoms with van der Waals surface area (Å²) in [6.07, 6.45) is 0.451. The molecule has 74 valence electrons. The number of amides is 1. The molecule has 1 amide bonds. The number of hydrogen-bond donors (Lipinski definition) is 2. The number of aliphatic hydroxyl groups excluding tert-OH is 1. The number of hydrogen-bond acceptors (Lipinski definition) is 3. The lowest BCUT2D eigenvalue weighted by Gasteiger charge is -2.10. The molecule has 0 fully saturated rings. The molecule has 1 aromatic carbocycles. The summed E-state index contributed by atoms with van der Waals surface area (Å²) < 4.78 is 0. The van der Waals surface area contributed by atoms with Crippen molar-refractivity contribution in [2.24, 2.45) is 0 Å². The fourth-order valence-corrected chi connectivity index (χ4v) is 1.67. The molecule has 0 aliphatic carbocycles. The van der Waals surface area contributed by atoms with Crippen LogP contribution in [-0.4, -0.2) is 24.8 Å². The Balaban J connectivity index is 2.34. The van der Waals surface area contributed by atoms with Crippen molar-refractivity contribution in [2.75, 3.05) is 24.0 Å². The number of nitrogens with one attached hydrogen (secondary N) is 1. The van der Waals surface area contributed by atoms with Gasteiger partial charge in [0.1, 0.15) is 6.73 Å². The molecule has 0 saturated heterocycles. The van der Waals surface area contributed by atoms with Gasteiger partial charge in [-0.2, -0.15) is 0 Å². The third kappa shape index (κ3) is 1.33. The minimum absolute atomic E-state index is 0.0947. The number of likely N-dealkylation sites (N-methyl/N-ethyl adjacent to an activating group) is 1. The molecule has 1 aliphatic heterocycles. The van der Waals surface area contributed by atoms with Gasteiger partial charge in [-0.15, -0.1) is 0 Å². The Morgan fingerprint density at radius 1 is 1.57 bits per heavy atom. The Bertz CT molecular complexity index is 376. The smallest absolute Gasteiger partial charge is 0.231 e. The highest BCUT2D eigenvalue weighted by molar-refractivity contribution is 6.01. The maximum atomic E-state index is 11.4. The van der Waals surface area contributed by atoms with E-state index in [1.165, 1.54) is 0 Å². The van der Waals surface area contributed by atoms with Crippen LogP contribution in [0.15, 0.2) is 18.2 Å². The summed E-state index contributed by atoms with van der Waals surface area (Å²) in [5.74, 6) is 0.112. The molecule has 0 spiro atoms. The summed E-state index contributed by atoms with van der Waals surface area (Å²) in [7, 11) is 1.77. The van der Waals surface area contributed by atoms with Crippen molar-refractivity contribution >= 4 is 17.3 Å². The second kappa shape index (κ2) is 3.31. The highest BCUT2D eigenvalue weighted by Gasteiger charge is 2.23. The molecule has 1 aromatic rings. The van der Waals surface area contributed by atoms with Gasteiger partial charge in [0.25, 0.3) is 0 Å².